The number of aryl methyl sites for hydroxylation is 1. The Bertz CT molecular complexity index is 742. The molecule has 0 saturated carbocycles. The number of methoxy groups -OCH3 is 1. The Morgan fingerprint density at radius 2 is 1.88 bits per heavy atom. The average Bonchev–Trinajstić information content (AvgIpc) is 3.06. The number of hydrogen-bond donors (Lipinski definition) is 2. The lowest BCUT2D eigenvalue weighted by molar-refractivity contribution is 0.0846. The van der Waals surface area contributed by atoms with Crippen LogP contribution in [0.25, 0.3) is 0 Å². The van der Waals surface area contributed by atoms with Crippen molar-refractivity contribution in [1.82, 2.24) is 20.6 Å². The molecule has 8 nitrogen and oxygen atoms in total. The highest BCUT2D eigenvalue weighted by molar-refractivity contribution is 5.99. The summed E-state index contributed by atoms with van der Waals surface area (Å²) in [5.41, 5.74) is 5.38. The summed E-state index contributed by atoms with van der Waals surface area (Å²) in [5, 5.41) is 3.90. The fourth-order valence-corrected chi connectivity index (χ4v) is 2.05. The lowest BCUT2D eigenvalue weighted by atomic mass is 10.2. The molecule has 0 radical (unpaired) electrons. The van der Waals surface area contributed by atoms with Crippen molar-refractivity contribution in [3.05, 3.63) is 41.7 Å². The van der Waals surface area contributed by atoms with Crippen LogP contribution in [-0.4, -0.2) is 35.3 Å². The van der Waals surface area contributed by atoms with Crippen LogP contribution >= 0.6 is 0 Å². The lowest BCUT2D eigenvalue weighted by Gasteiger charge is -2.12. The molecule has 0 atom stereocenters. The second-order valence-electron chi connectivity index (χ2n) is 5.38. The zero-order valence-electron chi connectivity index (χ0n) is 14.5. The van der Waals surface area contributed by atoms with E-state index in [1.807, 2.05) is 0 Å². The summed E-state index contributed by atoms with van der Waals surface area (Å²) in [6, 6.07) is 4.84. The van der Waals surface area contributed by atoms with Crippen LogP contribution in [0.2, 0.25) is 0 Å². The number of nitrogens with zero attached hydrogens (tertiary/aromatic N) is 2. The number of benzene rings is 1. The maximum atomic E-state index is 12.2. The highest BCUT2D eigenvalue weighted by atomic mass is 16.5. The van der Waals surface area contributed by atoms with Crippen molar-refractivity contribution in [2.45, 2.75) is 19.8 Å². The van der Waals surface area contributed by atoms with E-state index in [-0.39, 0.29) is 0 Å². The van der Waals surface area contributed by atoms with Gasteiger partial charge < -0.3 is 9.47 Å². The van der Waals surface area contributed by atoms with E-state index in [0.717, 1.165) is 12.8 Å². The molecule has 2 amide bonds. The van der Waals surface area contributed by atoms with Crippen molar-refractivity contribution in [1.29, 1.82) is 0 Å². The molecule has 8 heteroatoms. The van der Waals surface area contributed by atoms with Gasteiger partial charge in [0.25, 0.3) is 11.8 Å². The number of amides is 2. The molecule has 1 heterocycles. The van der Waals surface area contributed by atoms with E-state index < -0.39 is 11.8 Å². The quantitative estimate of drug-likeness (QED) is 0.588. The number of hydrazine groups is 1. The maximum absolute atomic E-state index is 12.2. The van der Waals surface area contributed by atoms with Crippen LogP contribution < -0.4 is 20.3 Å². The highest BCUT2D eigenvalue weighted by Crippen LogP contribution is 2.28. The third-order valence-corrected chi connectivity index (χ3v) is 3.44. The first kappa shape index (κ1) is 18.3. The fraction of sp³-hybridized carbons (Fsp3) is 0.353. The molecule has 0 aliphatic carbocycles. The molecule has 0 bridgehead atoms. The summed E-state index contributed by atoms with van der Waals surface area (Å²) < 4.78 is 12.4. The second kappa shape index (κ2) is 8.72. The fourth-order valence-electron chi connectivity index (χ4n) is 2.05. The summed E-state index contributed by atoms with van der Waals surface area (Å²) in [6.07, 6.45) is 4.92. The van der Waals surface area contributed by atoms with Crippen molar-refractivity contribution in [2.75, 3.05) is 13.7 Å². The van der Waals surface area contributed by atoms with Crippen molar-refractivity contribution in [3.8, 4) is 11.5 Å². The first-order chi connectivity index (χ1) is 12.0. The predicted octanol–water partition coefficient (Wildman–Crippen LogP) is 1.68. The van der Waals surface area contributed by atoms with Gasteiger partial charge in [-0.25, -0.2) is 0 Å². The van der Waals surface area contributed by atoms with E-state index in [2.05, 4.69) is 22.9 Å². The number of carbonyl (C=O) groups excluding carboxylic acids is 2. The van der Waals surface area contributed by atoms with Crippen LogP contribution in [0.4, 0.5) is 0 Å². The van der Waals surface area contributed by atoms with Crippen LogP contribution in [-0.2, 0) is 7.05 Å². The molecule has 2 aromatic rings. The minimum Gasteiger partial charge on any atom is -0.493 e. The summed E-state index contributed by atoms with van der Waals surface area (Å²) in [6.45, 7) is 2.66. The Hall–Kier alpha value is -3.03. The van der Waals surface area contributed by atoms with Crippen LogP contribution in [0.1, 0.15) is 40.5 Å². The van der Waals surface area contributed by atoms with E-state index in [1.54, 1.807) is 31.4 Å². The molecule has 0 unspecified atom stereocenters. The minimum atomic E-state index is -0.462. The molecule has 0 aliphatic heterocycles. The number of aromatic nitrogens is 2. The third kappa shape index (κ3) is 4.97. The Morgan fingerprint density at radius 3 is 2.48 bits per heavy atom. The van der Waals surface area contributed by atoms with Gasteiger partial charge in [0.2, 0.25) is 0 Å². The first-order valence-corrected chi connectivity index (χ1v) is 7.95. The molecular formula is C17H22N4O4. The van der Waals surface area contributed by atoms with Crippen molar-refractivity contribution >= 4 is 11.8 Å². The molecule has 2 rings (SSSR count). The predicted molar refractivity (Wildman–Crippen MR) is 91.5 cm³/mol. The van der Waals surface area contributed by atoms with Crippen molar-refractivity contribution in [2.24, 2.45) is 7.05 Å². The summed E-state index contributed by atoms with van der Waals surface area (Å²) in [7, 11) is 3.21. The van der Waals surface area contributed by atoms with Gasteiger partial charge in [0.1, 0.15) is 0 Å². The number of hydrogen-bond acceptors (Lipinski definition) is 5. The van der Waals surface area contributed by atoms with Gasteiger partial charge in [-0.1, -0.05) is 13.3 Å². The van der Waals surface area contributed by atoms with E-state index >= 15 is 0 Å². The first-order valence-electron chi connectivity index (χ1n) is 7.95. The molecule has 0 aliphatic rings. The number of ether oxygens (including phenoxy) is 2. The topological polar surface area (TPSA) is 94.5 Å². The van der Waals surface area contributed by atoms with E-state index in [0.29, 0.717) is 29.2 Å². The molecule has 25 heavy (non-hydrogen) atoms. The zero-order valence-corrected chi connectivity index (χ0v) is 14.5. The maximum Gasteiger partial charge on any atom is 0.272 e. The minimum absolute atomic E-state index is 0.339. The van der Waals surface area contributed by atoms with Gasteiger partial charge >= 0.3 is 0 Å². The molecule has 0 saturated heterocycles. The highest BCUT2D eigenvalue weighted by Gasteiger charge is 2.13. The molecule has 134 valence electrons. The van der Waals surface area contributed by atoms with Crippen LogP contribution in [0.3, 0.4) is 0 Å². The molecule has 1 aromatic heterocycles. The average molecular weight is 346 g/mol. The lowest BCUT2D eigenvalue weighted by Crippen LogP contribution is -2.41. The van der Waals surface area contributed by atoms with Gasteiger partial charge in [-0.2, -0.15) is 5.10 Å². The molecule has 0 spiro atoms. The van der Waals surface area contributed by atoms with E-state index in [1.165, 1.54) is 18.0 Å². The summed E-state index contributed by atoms with van der Waals surface area (Å²) in [5.74, 6) is 0.123. The van der Waals surface area contributed by atoms with Gasteiger partial charge in [-0.05, 0) is 24.6 Å². The standard InChI is InChI=1S/C17H22N4O4/c1-4-5-8-25-14-7-6-12(9-15(14)24-3)16(22)19-20-17(23)13-10-18-21(2)11-13/h6-7,9-11H,4-5,8H2,1-3H3,(H,19,22)(H,20,23). The molecule has 1 aromatic carbocycles. The van der Waals surface area contributed by atoms with E-state index in [4.69, 9.17) is 9.47 Å². The van der Waals surface area contributed by atoms with Gasteiger partial charge in [-0.3, -0.25) is 25.1 Å². The Labute approximate surface area is 146 Å². The SMILES string of the molecule is CCCCOc1ccc(C(=O)NNC(=O)c2cnn(C)c2)cc1OC. The Morgan fingerprint density at radius 1 is 1.16 bits per heavy atom. The molecular weight excluding hydrogens is 324 g/mol. The Kier molecular flexibility index (Phi) is 6.39. The van der Waals surface area contributed by atoms with Gasteiger partial charge in [0, 0.05) is 18.8 Å². The number of rotatable bonds is 7. The largest absolute Gasteiger partial charge is 0.493 e. The van der Waals surface area contributed by atoms with Gasteiger partial charge in [-0.15, -0.1) is 0 Å². The zero-order chi connectivity index (χ0) is 18.2. The van der Waals surface area contributed by atoms with Crippen molar-refractivity contribution < 1.29 is 19.1 Å². The van der Waals surface area contributed by atoms with Crippen LogP contribution in [0.15, 0.2) is 30.6 Å². The summed E-state index contributed by atoms with van der Waals surface area (Å²) in [4.78, 5) is 24.1. The normalized spacial score (nSPS) is 10.2. The summed E-state index contributed by atoms with van der Waals surface area (Å²) >= 11 is 0. The van der Waals surface area contributed by atoms with Gasteiger partial charge in [0.15, 0.2) is 11.5 Å². The monoisotopic (exact) mass is 346 g/mol. The van der Waals surface area contributed by atoms with Crippen LogP contribution in [0, 0.1) is 0 Å². The molecule has 2 N–H and O–H groups in total. The molecule has 0 fully saturated rings. The number of nitrogens with one attached hydrogen (secondary N) is 2. The second-order valence-corrected chi connectivity index (χ2v) is 5.38. The van der Waals surface area contributed by atoms with Crippen molar-refractivity contribution in [3.63, 3.8) is 0 Å². The van der Waals surface area contributed by atoms with Crippen LogP contribution in [0.5, 0.6) is 11.5 Å². The number of unbranched alkanes of at least 4 members (excludes halogenated alkanes) is 1. The number of carbonyl (C=O) groups is 2. The van der Waals surface area contributed by atoms with E-state index in [9.17, 15) is 9.59 Å². The smallest absolute Gasteiger partial charge is 0.272 e. The van der Waals surface area contributed by atoms with Gasteiger partial charge in [0.05, 0.1) is 25.5 Å². The Balaban J connectivity index is 1.97. The third-order valence-electron chi connectivity index (χ3n) is 3.44.